The van der Waals surface area contributed by atoms with Crippen LogP contribution in [0.25, 0.3) is 0 Å². The summed E-state index contributed by atoms with van der Waals surface area (Å²) in [7, 11) is 1.65. The zero-order chi connectivity index (χ0) is 28.3. The van der Waals surface area contributed by atoms with Gasteiger partial charge in [0, 0.05) is 46.0 Å². The number of nitrogens with zero attached hydrogens (tertiary/aromatic N) is 5. The Morgan fingerprint density at radius 3 is 2.24 bits per heavy atom. The van der Waals surface area contributed by atoms with Crippen molar-refractivity contribution >= 4 is 46.2 Å². The number of pyridine rings is 1. The van der Waals surface area contributed by atoms with Crippen LogP contribution in [-0.4, -0.2) is 103 Å². The van der Waals surface area contributed by atoms with Crippen LogP contribution in [0.1, 0.15) is 23.3 Å². The summed E-state index contributed by atoms with van der Waals surface area (Å²) in [5.74, 6) is -4.31. The average molecular weight is 550 g/mol. The molecular formula is C22H27N7O8S. The monoisotopic (exact) mass is 549 g/mol. The van der Waals surface area contributed by atoms with Crippen LogP contribution in [0.3, 0.4) is 0 Å². The fourth-order valence-electron chi connectivity index (χ4n) is 3.37. The SMILES string of the molecule is CNC(=O)N1CCN(Cc2ccnc(Nc3ncc(C#N)s3)c2)CC1.O=C(O)CC(O)(CC(=O)O)C(=O)O. The van der Waals surface area contributed by atoms with Gasteiger partial charge in [0.1, 0.15) is 16.8 Å². The van der Waals surface area contributed by atoms with E-state index in [2.05, 4.69) is 31.6 Å². The highest BCUT2D eigenvalue weighted by molar-refractivity contribution is 7.16. The van der Waals surface area contributed by atoms with E-state index in [1.54, 1.807) is 19.4 Å². The number of carboxylic acid groups (broad SMARTS) is 3. The first-order valence-electron chi connectivity index (χ1n) is 11.1. The third-order valence-electron chi connectivity index (χ3n) is 5.24. The van der Waals surface area contributed by atoms with Gasteiger partial charge in [0.15, 0.2) is 10.7 Å². The highest BCUT2D eigenvalue weighted by Gasteiger charge is 2.40. The van der Waals surface area contributed by atoms with Crippen LogP contribution < -0.4 is 10.6 Å². The quantitative estimate of drug-likeness (QED) is 0.248. The second-order valence-electron chi connectivity index (χ2n) is 8.11. The van der Waals surface area contributed by atoms with E-state index in [-0.39, 0.29) is 6.03 Å². The number of hydrogen-bond acceptors (Lipinski definition) is 11. The topological polar surface area (TPSA) is 229 Å². The highest BCUT2D eigenvalue weighted by Crippen LogP contribution is 2.21. The Labute approximate surface area is 221 Å². The summed E-state index contributed by atoms with van der Waals surface area (Å²) in [5.41, 5.74) is -1.60. The van der Waals surface area contributed by atoms with Crippen molar-refractivity contribution in [3.8, 4) is 6.07 Å². The Bertz CT molecular complexity index is 1170. The summed E-state index contributed by atoms with van der Waals surface area (Å²) >= 11 is 1.30. The summed E-state index contributed by atoms with van der Waals surface area (Å²) in [6.07, 6.45) is 1.02. The Hall–Kier alpha value is -4.33. The molecule has 3 rings (SSSR count). The molecule has 1 fully saturated rings. The van der Waals surface area contributed by atoms with Crippen molar-refractivity contribution in [1.82, 2.24) is 25.1 Å². The minimum absolute atomic E-state index is 0.0183. The first kappa shape index (κ1) is 29.9. The molecular weight excluding hydrogens is 522 g/mol. The summed E-state index contributed by atoms with van der Waals surface area (Å²) in [5, 5.41) is 49.1. The normalized spacial score (nSPS) is 13.4. The van der Waals surface area contributed by atoms with Crippen LogP contribution in [0.4, 0.5) is 15.7 Å². The number of hydrogen-bond donors (Lipinski definition) is 6. The predicted molar refractivity (Wildman–Crippen MR) is 133 cm³/mol. The van der Waals surface area contributed by atoms with Crippen LogP contribution in [0.15, 0.2) is 24.5 Å². The van der Waals surface area contributed by atoms with E-state index >= 15 is 0 Å². The van der Waals surface area contributed by atoms with E-state index in [9.17, 15) is 19.2 Å². The average Bonchev–Trinajstić information content (AvgIpc) is 3.31. The third kappa shape index (κ3) is 9.28. The van der Waals surface area contributed by atoms with E-state index in [1.807, 2.05) is 17.0 Å². The number of nitrogens with one attached hydrogen (secondary N) is 2. The predicted octanol–water partition coefficient (Wildman–Crippen LogP) is 0.362. The van der Waals surface area contributed by atoms with Gasteiger partial charge in [-0.25, -0.2) is 19.6 Å². The number of carboxylic acids is 3. The van der Waals surface area contributed by atoms with Crippen molar-refractivity contribution in [1.29, 1.82) is 5.26 Å². The van der Waals surface area contributed by atoms with Crippen molar-refractivity contribution in [2.75, 3.05) is 38.5 Å². The second kappa shape index (κ2) is 13.8. The van der Waals surface area contributed by atoms with Gasteiger partial charge in [-0.1, -0.05) is 11.3 Å². The zero-order valence-electron chi connectivity index (χ0n) is 20.3. The molecule has 2 amide bonds. The van der Waals surface area contributed by atoms with Gasteiger partial charge in [-0.3, -0.25) is 14.5 Å². The molecule has 204 valence electrons. The van der Waals surface area contributed by atoms with Gasteiger partial charge in [-0.15, -0.1) is 0 Å². The van der Waals surface area contributed by atoms with Crippen molar-refractivity contribution in [2.24, 2.45) is 0 Å². The fourth-order valence-corrected chi connectivity index (χ4v) is 3.99. The van der Waals surface area contributed by atoms with Crippen LogP contribution in [0.5, 0.6) is 0 Å². The van der Waals surface area contributed by atoms with Gasteiger partial charge in [-0.05, 0) is 17.7 Å². The molecule has 0 unspecified atom stereocenters. The van der Waals surface area contributed by atoms with Crippen LogP contribution in [0, 0.1) is 11.3 Å². The fraction of sp³-hybridized carbons (Fsp3) is 0.409. The maximum atomic E-state index is 11.6. The minimum Gasteiger partial charge on any atom is -0.481 e. The van der Waals surface area contributed by atoms with Crippen LogP contribution >= 0.6 is 11.3 Å². The van der Waals surface area contributed by atoms with Crippen molar-refractivity contribution in [3.63, 3.8) is 0 Å². The summed E-state index contributed by atoms with van der Waals surface area (Å²) in [6.45, 7) is 3.95. The Morgan fingerprint density at radius 2 is 1.74 bits per heavy atom. The van der Waals surface area contributed by atoms with Gasteiger partial charge in [0.25, 0.3) is 0 Å². The molecule has 6 N–H and O–H groups in total. The molecule has 2 aromatic heterocycles. The zero-order valence-corrected chi connectivity index (χ0v) is 21.1. The number of urea groups is 1. The Morgan fingerprint density at radius 1 is 1.11 bits per heavy atom. The Balaban J connectivity index is 0.000000332. The molecule has 2 aromatic rings. The third-order valence-corrected chi connectivity index (χ3v) is 6.06. The van der Waals surface area contributed by atoms with E-state index in [1.165, 1.54) is 11.3 Å². The largest absolute Gasteiger partial charge is 0.481 e. The molecule has 16 heteroatoms. The molecule has 1 aliphatic heterocycles. The van der Waals surface area contributed by atoms with Crippen molar-refractivity contribution < 1.29 is 39.6 Å². The molecule has 0 bridgehead atoms. The smallest absolute Gasteiger partial charge is 0.336 e. The number of carbonyl (C=O) groups excluding carboxylic acids is 1. The van der Waals surface area contributed by atoms with Crippen molar-refractivity contribution in [3.05, 3.63) is 35.0 Å². The number of amides is 2. The summed E-state index contributed by atoms with van der Waals surface area (Å²) in [4.78, 5) is 55.3. The maximum Gasteiger partial charge on any atom is 0.336 e. The molecule has 0 atom stereocenters. The molecule has 0 aromatic carbocycles. The van der Waals surface area contributed by atoms with Crippen LogP contribution in [0.2, 0.25) is 0 Å². The molecule has 0 aliphatic carbocycles. The second-order valence-corrected chi connectivity index (χ2v) is 9.14. The van der Waals surface area contributed by atoms with E-state index in [0.717, 1.165) is 38.3 Å². The number of thiazole rings is 1. The van der Waals surface area contributed by atoms with E-state index < -0.39 is 36.4 Å². The number of piperazine rings is 1. The lowest BCUT2D eigenvalue weighted by Crippen LogP contribution is -2.50. The van der Waals surface area contributed by atoms with Gasteiger partial charge in [0.05, 0.1) is 19.0 Å². The maximum absolute atomic E-state index is 11.6. The van der Waals surface area contributed by atoms with Gasteiger partial charge in [0.2, 0.25) is 0 Å². The number of aromatic nitrogens is 2. The number of nitriles is 1. The van der Waals surface area contributed by atoms with Gasteiger partial charge in [-0.2, -0.15) is 5.26 Å². The van der Waals surface area contributed by atoms with Crippen molar-refractivity contribution in [2.45, 2.75) is 25.0 Å². The first-order valence-corrected chi connectivity index (χ1v) is 11.9. The number of rotatable bonds is 9. The highest BCUT2D eigenvalue weighted by atomic mass is 32.1. The Kier molecular flexibility index (Phi) is 10.9. The molecule has 1 saturated heterocycles. The molecule has 0 spiro atoms. The first-order chi connectivity index (χ1) is 17.9. The molecule has 3 heterocycles. The van der Waals surface area contributed by atoms with E-state index in [0.29, 0.717) is 15.8 Å². The lowest BCUT2D eigenvalue weighted by Gasteiger charge is -2.34. The number of aliphatic hydroxyl groups is 1. The van der Waals surface area contributed by atoms with Gasteiger partial charge < -0.3 is 36.0 Å². The summed E-state index contributed by atoms with van der Waals surface area (Å²) in [6, 6.07) is 6.02. The molecule has 38 heavy (non-hydrogen) atoms. The molecule has 1 aliphatic rings. The summed E-state index contributed by atoms with van der Waals surface area (Å²) < 4.78 is 0. The van der Waals surface area contributed by atoms with Crippen LogP contribution in [-0.2, 0) is 20.9 Å². The molecule has 0 saturated carbocycles. The molecule has 0 radical (unpaired) electrons. The number of aliphatic carboxylic acids is 3. The minimum atomic E-state index is -2.74. The number of carbonyl (C=O) groups is 4. The van der Waals surface area contributed by atoms with Gasteiger partial charge >= 0.3 is 23.9 Å². The molecule has 15 nitrogen and oxygen atoms in total. The van der Waals surface area contributed by atoms with E-state index in [4.69, 9.17) is 25.7 Å². The lowest BCUT2D eigenvalue weighted by molar-refractivity contribution is -0.170. The lowest BCUT2D eigenvalue weighted by atomic mass is 9.96. The standard InChI is InChI=1S/C16H19N7OS.C6H8O7/c1-18-16(24)23-6-4-22(5-7-23)11-12-2-3-19-14(8-12)21-15-20-10-13(9-17)25-15;7-3(8)1-6(13,5(11)12)2-4(9)10/h2-3,8,10H,4-7,11H2,1H3,(H,18,24)(H,19,20,21);13H,1-2H2,(H,7,8)(H,9,10)(H,11,12). The number of anilines is 2.